The topological polar surface area (TPSA) is 0 Å². The molecule has 0 nitrogen and oxygen atoms in total. The maximum absolute atomic E-state index is 2.71. The third-order valence-electron chi connectivity index (χ3n) is 7.80. The summed E-state index contributed by atoms with van der Waals surface area (Å²) in [5, 5.41) is 0.868. The van der Waals surface area contributed by atoms with Crippen LogP contribution < -0.4 is 0 Å². The first kappa shape index (κ1) is 16.3. The van der Waals surface area contributed by atoms with Gasteiger partial charge in [0.25, 0.3) is 0 Å². The molecule has 0 amide bonds. The summed E-state index contributed by atoms with van der Waals surface area (Å²) in [4.78, 5) is 0. The van der Waals surface area contributed by atoms with Crippen molar-refractivity contribution in [3.8, 4) is 0 Å². The highest BCUT2D eigenvalue weighted by atomic mass is 31.1. The van der Waals surface area contributed by atoms with Crippen molar-refractivity contribution in [3.63, 3.8) is 0 Å². The molecule has 0 radical (unpaired) electrons. The quantitative estimate of drug-likeness (QED) is 0.501. The zero-order valence-electron chi connectivity index (χ0n) is 14.9. The molecule has 0 saturated heterocycles. The highest BCUT2D eigenvalue weighted by molar-refractivity contribution is 7.62. The summed E-state index contributed by atoms with van der Waals surface area (Å²) in [6.07, 6.45) is 20.8. The van der Waals surface area contributed by atoms with E-state index in [1.165, 1.54) is 19.3 Å². The predicted octanol–water partition coefficient (Wildman–Crippen LogP) is 6.51. The lowest BCUT2D eigenvalue weighted by Crippen LogP contribution is -2.49. The molecule has 0 heterocycles. The van der Waals surface area contributed by atoms with Crippen LogP contribution in [0.4, 0.5) is 0 Å². The van der Waals surface area contributed by atoms with Crippen LogP contribution in [-0.4, -0.2) is 36.5 Å². The second kappa shape index (κ2) is 6.64. The van der Waals surface area contributed by atoms with Gasteiger partial charge >= 0.3 is 0 Å². The van der Waals surface area contributed by atoms with Gasteiger partial charge in [0.1, 0.15) is 0 Å². The van der Waals surface area contributed by atoms with E-state index in [4.69, 9.17) is 0 Å². The first-order valence-corrected chi connectivity index (χ1v) is 14.1. The smallest absolute Gasteiger partial charge is 0.00888 e. The molecule has 5 aliphatic carbocycles. The van der Waals surface area contributed by atoms with Gasteiger partial charge < -0.3 is 0 Å². The highest BCUT2D eigenvalue weighted by Crippen LogP contribution is 2.67. The van der Waals surface area contributed by atoms with E-state index in [-0.39, 0.29) is 0 Å². The lowest BCUT2D eigenvalue weighted by molar-refractivity contribution is 0.0357. The monoisotopic (exact) mass is 338 g/mol. The molecule has 4 bridgehead atoms. The minimum atomic E-state index is 0.308. The Labute approximate surface area is 141 Å². The first-order chi connectivity index (χ1) is 10.6. The van der Waals surface area contributed by atoms with Crippen LogP contribution in [-0.2, 0) is 0 Å². The van der Waals surface area contributed by atoms with Gasteiger partial charge in [-0.2, -0.15) is 0 Å². The molecule has 2 atom stereocenters. The molecule has 5 saturated carbocycles. The van der Waals surface area contributed by atoms with E-state index in [9.17, 15) is 0 Å². The van der Waals surface area contributed by atoms with Crippen molar-refractivity contribution >= 4 is 15.8 Å². The second-order valence-electron chi connectivity index (χ2n) is 9.34. The van der Waals surface area contributed by atoms with Gasteiger partial charge in [0.15, 0.2) is 0 Å². The Bertz CT molecular complexity index is 350. The largest absolute Gasteiger partial charge is 0.106 e. The van der Waals surface area contributed by atoms with E-state index in [1.807, 2.05) is 0 Å². The zero-order valence-corrected chi connectivity index (χ0v) is 16.7. The van der Waals surface area contributed by atoms with Crippen LogP contribution in [0, 0.1) is 17.8 Å². The summed E-state index contributed by atoms with van der Waals surface area (Å²) in [6.45, 7) is 5.36. The molecular formula is C20H36P2. The fourth-order valence-electron chi connectivity index (χ4n) is 6.78. The molecule has 0 N–H and O–H groups in total. The van der Waals surface area contributed by atoms with Crippen molar-refractivity contribution in [1.82, 2.24) is 0 Å². The van der Waals surface area contributed by atoms with E-state index in [2.05, 4.69) is 13.3 Å². The molecule has 0 unspecified atom stereocenters. The Morgan fingerprint density at radius 2 is 1.32 bits per heavy atom. The van der Waals surface area contributed by atoms with Crippen molar-refractivity contribution in [2.75, 3.05) is 25.7 Å². The Kier molecular flexibility index (Phi) is 4.93. The third-order valence-corrected chi connectivity index (χ3v) is 13.9. The average Bonchev–Trinajstić information content (AvgIpc) is 2.51. The standard InChI is InChI=1S/C20H36P2/c1-21(19-6-4-3-5-7-19)8-9-22(2)20-13-16-10-17(14-20)12-18(11-16)15-20/h16-19H,3-15H2,1-2H3/t16?,17?,18?,20?,21-,22+/m0/s1. The molecule has 0 aromatic rings. The average molecular weight is 338 g/mol. The number of hydrogen-bond acceptors (Lipinski definition) is 0. The van der Waals surface area contributed by atoms with Crippen molar-refractivity contribution in [3.05, 3.63) is 0 Å². The van der Waals surface area contributed by atoms with Crippen LogP contribution in [0.2, 0.25) is 0 Å². The zero-order chi connectivity index (χ0) is 15.2. The van der Waals surface area contributed by atoms with Gasteiger partial charge in [-0.05, 0) is 106 Å². The van der Waals surface area contributed by atoms with Gasteiger partial charge in [-0.25, -0.2) is 0 Å². The molecule has 0 aromatic carbocycles. The predicted molar refractivity (Wildman–Crippen MR) is 103 cm³/mol. The van der Waals surface area contributed by atoms with E-state index in [1.54, 1.807) is 63.7 Å². The Balaban J connectivity index is 1.33. The molecule has 0 aromatic heterocycles. The molecule has 2 heteroatoms. The van der Waals surface area contributed by atoms with Crippen molar-refractivity contribution in [2.45, 2.75) is 81.4 Å². The fourth-order valence-corrected chi connectivity index (χ4v) is 13.0. The molecule has 126 valence electrons. The van der Waals surface area contributed by atoms with Crippen molar-refractivity contribution in [2.24, 2.45) is 17.8 Å². The molecule has 5 fully saturated rings. The molecule has 5 rings (SSSR count). The van der Waals surface area contributed by atoms with Gasteiger partial charge in [-0.15, -0.1) is 15.8 Å². The molecule has 0 aliphatic heterocycles. The minimum absolute atomic E-state index is 0.308. The third kappa shape index (κ3) is 3.18. The van der Waals surface area contributed by atoms with E-state index < -0.39 is 0 Å². The molecular weight excluding hydrogens is 302 g/mol. The summed E-state index contributed by atoms with van der Waals surface area (Å²) in [5.74, 6) is 3.45. The van der Waals surface area contributed by atoms with Crippen molar-refractivity contribution < 1.29 is 0 Å². The fraction of sp³-hybridized carbons (Fsp3) is 1.00. The Hall–Kier alpha value is 0.860. The number of hydrogen-bond donors (Lipinski definition) is 0. The van der Waals surface area contributed by atoms with Crippen molar-refractivity contribution in [1.29, 1.82) is 0 Å². The highest BCUT2D eigenvalue weighted by Gasteiger charge is 2.52. The van der Waals surface area contributed by atoms with E-state index in [0.29, 0.717) is 15.8 Å². The first-order valence-electron chi connectivity index (χ1n) is 10.1. The Morgan fingerprint density at radius 3 is 1.86 bits per heavy atom. The maximum Gasteiger partial charge on any atom is -0.00888 e. The molecule has 5 aliphatic rings. The normalized spacial score (nSPS) is 44.2. The van der Waals surface area contributed by atoms with Gasteiger partial charge in [0.05, 0.1) is 0 Å². The molecule has 22 heavy (non-hydrogen) atoms. The maximum atomic E-state index is 2.71. The summed E-state index contributed by atoms with van der Waals surface area (Å²) in [6, 6.07) is 0. The van der Waals surface area contributed by atoms with Crippen LogP contribution in [0.15, 0.2) is 0 Å². The molecule has 0 spiro atoms. The number of rotatable bonds is 5. The Morgan fingerprint density at radius 1 is 0.773 bits per heavy atom. The summed E-state index contributed by atoms with van der Waals surface area (Å²) < 4.78 is 0. The SMILES string of the molecule is C[P@](CC[P@](C)C1CCCCC1)C12CC3CC(CC(C3)C1)C2. The van der Waals surface area contributed by atoms with E-state index in [0.717, 1.165) is 28.6 Å². The van der Waals surface area contributed by atoms with Gasteiger partial charge in [-0.3, -0.25) is 0 Å². The van der Waals surface area contributed by atoms with Gasteiger partial charge in [0.2, 0.25) is 0 Å². The van der Waals surface area contributed by atoms with Crippen LogP contribution in [0.25, 0.3) is 0 Å². The van der Waals surface area contributed by atoms with Gasteiger partial charge in [-0.1, -0.05) is 19.3 Å². The summed E-state index contributed by atoms with van der Waals surface area (Å²) in [5.41, 5.74) is 1.14. The summed E-state index contributed by atoms with van der Waals surface area (Å²) in [7, 11) is 0.652. The minimum Gasteiger partial charge on any atom is -0.106 e. The summed E-state index contributed by atoms with van der Waals surface area (Å²) >= 11 is 0. The lowest BCUT2D eigenvalue weighted by atomic mass is 9.56. The van der Waals surface area contributed by atoms with Crippen LogP contribution in [0.5, 0.6) is 0 Å². The lowest BCUT2D eigenvalue weighted by Gasteiger charge is -2.59. The van der Waals surface area contributed by atoms with E-state index >= 15 is 0 Å². The second-order valence-corrected chi connectivity index (χ2v) is 14.8. The van der Waals surface area contributed by atoms with Crippen LogP contribution in [0.3, 0.4) is 0 Å². The van der Waals surface area contributed by atoms with Gasteiger partial charge in [0, 0.05) is 0 Å². The van der Waals surface area contributed by atoms with Crippen LogP contribution >= 0.6 is 15.8 Å². The van der Waals surface area contributed by atoms with Crippen LogP contribution in [0.1, 0.15) is 70.6 Å².